The smallest absolute Gasteiger partial charge is 0.233 e. The van der Waals surface area contributed by atoms with Gasteiger partial charge in [-0.05, 0) is 52.9 Å². The molecule has 0 atom stereocenters. The monoisotopic (exact) mass is 556 g/mol. The van der Waals surface area contributed by atoms with Gasteiger partial charge < -0.3 is 9.64 Å². The molecule has 0 saturated carbocycles. The summed E-state index contributed by atoms with van der Waals surface area (Å²) in [5.41, 5.74) is 5.08. The predicted octanol–water partition coefficient (Wildman–Crippen LogP) is 5.05. The van der Waals surface area contributed by atoms with Gasteiger partial charge in [0, 0.05) is 57.2 Å². The number of piperazine rings is 1. The van der Waals surface area contributed by atoms with Crippen LogP contribution in [0.25, 0.3) is 17.1 Å². The summed E-state index contributed by atoms with van der Waals surface area (Å²) in [6, 6.07) is 20.5. The van der Waals surface area contributed by atoms with E-state index in [9.17, 15) is 9.18 Å². The summed E-state index contributed by atoms with van der Waals surface area (Å²) in [6.45, 7) is 10.7. The Morgan fingerprint density at radius 3 is 2.24 bits per heavy atom. The van der Waals surface area contributed by atoms with Crippen LogP contribution in [0.15, 0.2) is 66.7 Å². The Labute approximate surface area is 240 Å². The number of hydrogen-bond donors (Lipinski definition) is 0. The molecule has 4 aromatic rings. The maximum atomic E-state index is 13.6. The van der Waals surface area contributed by atoms with Crippen molar-refractivity contribution < 1.29 is 13.9 Å². The third kappa shape index (κ3) is 6.97. The van der Waals surface area contributed by atoms with E-state index in [0.717, 1.165) is 49.7 Å². The van der Waals surface area contributed by atoms with Crippen LogP contribution in [0, 0.1) is 5.82 Å². The molecule has 1 amide bonds. The lowest BCUT2D eigenvalue weighted by Crippen LogP contribution is -2.48. The molecule has 0 spiro atoms. The number of hydrogen-bond acceptors (Lipinski definition) is 6. The van der Waals surface area contributed by atoms with Crippen LogP contribution in [0.3, 0.4) is 0 Å². The van der Waals surface area contributed by atoms with Gasteiger partial charge in [0.15, 0.2) is 5.82 Å². The van der Waals surface area contributed by atoms with Gasteiger partial charge in [-0.3, -0.25) is 9.69 Å². The molecule has 1 aliphatic rings. The molecule has 8 nitrogen and oxygen atoms in total. The van der Waals surface area contributed by atoms with Gasteiger partial charge in [0.25, 0.3) is 0 Å². The summed E-state index contributed by atoms with van der Waals surface area (Å²) in [5.74, 6) is 0.718. The third-order valence-corrected chi connectivity index (χ3v) is 7.50. The van der Waals surface area contributed by atoms with Crippen LogP contribution in [-0.2, 0) is 23.2 Å². The fourth-order valence-electron chi connectivity index (χ4n) is 5.00. The van der Waals surface area contributed by atoms with E-state index in [4.69, 9.17) is 9.84 Å². The minimum atomic E-state index is -0.312. The highest BCUT2D eigenvalue weighted by atomic mass is 19.1. The number of amides is 1. The number of carbonyl (C=O) groups is 1. The summed E-state index contributed by atoms with van der Waals surface area (Å²) in [4.78, 5) is 17.5. The first kappa shape index (κ1) is 28.4. The van der Waals surface area contributed by atoms with Crippen molar-refractivity contribution in [2.24, 2.45) is 0 Å². The Morgan fingerprint density at radius 2 is 1.63 bits per heavy atom. The van der Waals surface area contributed by atoms with E-state index in [1.165, 1.54) is 30.4 Å². The standard InChI is InChI=1S/C32H37FN6O2/c1-32(2,3)25-9-5-23(6-10-25)22-37-17-19-38(20-18-37)31(40)16-13-27-21-28(24-7-11-26(33)12-8-24)39(36-27)29-14-15-30(41-4)35-34-29/h5-12,14-15,21H,13,16-20,22H2,1-4H3. The van der Waals surface area contributed by atoms with Gasteiger partial charge in [0.05, 0.1) is 18.5 Å². The van der Waals surface area contributed by atoms with Crippen molar-refractivity contribution in [3.05, 3.63) is 89.4 Å². The zero-order valence-corrected chi connectivity index (χ0v) is 24.2. The van der Waals surface area contributed by atoms with Crippen LogP contribution < -0.4 is 4.74 Å². The summed E-state index contributed by atoms with van der Waals surface area (Å²) in [5, 5.41) is 13.0. The Hall–Kier alpha value is -4.11. The molecule has 0 aliphatic carbocycles. The largest absolute Gasteiger partial charge is 0.480 e. The Balaban J connectivity index is 1.20. The summed E-state index contributed by atoms with van der Waals surface area (Å²) < 4.78 is 20.4. The van der Waals surface area contributed by atoms with Crippen molar-refractivity contribution >= 4 is 5.91 Å². The van der Waals surface area contributed by atoms with Gasteiger partial charge in [-0.2, -0.15) is 5.10 Å². The Morgan fingerprint density at radius 1 is 0.927 bits per heavy atom. The number of carbonyl (C=O) groups excluding carboxylic acids is 1. The van der Waals surface area contributed by atoms with Crippen molar-refractivity contribution in [3.8, 4) is 23.0 Å². The van der Waals surface area contributed by atoms with Crippen LogP contribution in [-0.4, -0.2) is 69.0 Å². The molecule has 1 fully saturated rings. The summed E-state index contributed by atoms with van der Waals surface area (Å²) >= 11 is 0. The number of nitrogens with zero attached hydrogens (tertiary/aromatic N) is 6. The number of aromatic nitrogens is 4. The average Bonchev–Trinajstić information content (AvgIpc) is 3.41. The highest BCUT2D eigenvalue weighted by Crippen LogP contribution is 2.25. The van der Waals surface area contributed by atoms with E-state index < -0.39 is 0 Å². The molecular formula is C32H37FN6O2. The SMILES string of the molecule is COc1ccc(-n2nc(CCC(=O)N3CCN(Cc4ccc(C(C)(C)C)cc4)CC3)cc2-c2ccc(F)cc2)nn1. The molecule has 0 radical (unpaired) electrons. The molecular weight excluding hydrogens is 519 g/mol. The second-order valence-corrected chi connectivity index (χ2v) is 11.5. The quantitative estimate of drug-likeness (QED) is 0.302. The minimum Gasteiger partial charge on any atom is -0.480 e. The third-order valence-electron chi connectivity index (χ3n) is 7.50. The summed E-state index contributed by atoms with van der Waals surface area (Å²) in [7, 11) is 1.53. The second kappa shape index (κ2) is 12.2. The molecule has 0 unspecified atom stereocenters. The number of methoxy groups -OCH3 is 1. The number of halogens is 1. The Bertz CT molecular complexity index is 1450. The maximum Gasteiger partial charge on any atom is 0.233 e. The normalized spacial score (nSPS) is 14.3. The van der Waals surface area contributed by atoms with Crippen LogP contribution in [0.2, 0.25) is 0 Å². The fourth-order valence-corrected chi connectivity index (χ4v) is 5.00. The van der Waals surface area contributed by atoms with Gasteiger partial charge in [-0.25, -0.2) is 9.07 Å². The van der Waals surface area contributed by atoms with Crippen molar-refractivity contribution in [3.63, 3.8) is 0 Å². The number of ether oxygens (including phenoxy) is 1. The lowest BCUT2D eigenvalue weighted by atomic mass is 9.87. The van der Waals surface area contributed by atoms with Gasteiger partial charge in [-0.15, -0.1) is 10.2 Å². The van der Waals surface area contributed by atoms with Crippen molar-refractivity contribution in [2.45, 2.75) is 45.6 Å². The van der Waals surface area contributed by atoms with Gasteiger partial charge in [0.2, 0.25) is 11.8 Å². The molecule has 9 heteroatoms. The molecule has 2 aromatic carbocycles. The Kier molecular flexibility index (Phi) is 8.44. The molecule has 41 heavy (non-hydrogen) atoms. The van der Waals surface area contributed by atoms with E-state index in [1.54, 1.807) is 28.9 Å². The first-order valence-corrected chi connectivity index (χ1v) is 14.0. The van der Waals surface area contributed by atoms with Crippen LogP contribution >= 0.6 is 0 Å². The molecule has 0 bridgehead atoms. The van der Waals surface area contributed by atoms with E-state index >= 15 is 0 Å². The van der Waals surface area contributed by atoms with E-state index in [-0.39, 0.29) is 17.1 Å². The van der Waals surface area contributed by atoms with Gasteiger partial charge in [0.1, 0.15) is 5.82 Å². The number of rotatable bonds is 8. The maximum absolute atomic E-state index is 13.6. The van der Waals surface area contributed by atoms with Crippen LogP contribution in [0.5, 0.6) is 5.88 Å². The van der Waals surface area contributed by atoms with Crippen molar-refractivity contribution in [1.82, 2.24) is 29.8 Å². The molecule has 2 aromatic heterocycles. The highest BCUT2D eigenvalue weighted by Gasteiger charge is 2.22. The predicted molar refractivity (Wildman–Crippen MR) is 156 cm³/mol. The zero-order chi connectivity index (χ0) is 29.0. The van der Waals surface area contributed by atoms with Crippen molar-refractivity contribution in [2.75, 3.05) is 33.3 Å². The van der Waals surface area contributed by atoms with E-state index in [1.807, 2.05) is 11.0 Å². The van der Waals surface area contributed by atoms with E-state index in [0.29, 0.717) is 24.5 Å². The van der Waals surface area contributed by atoms with Crippen molar-refractivity contribution in [1.29, 1.82) is 0 Å². The second-order valence-electron chi connectivity index (χ2n) is 11.5. The topological polar surface area (TPSA) is 76.4 Å². The highest BCUT2D eigenvalue weighted by molar-refractivity contribution is 5.76. The zero-order valence-electron chi connectivity index (χ0n) is 24.2. The average molecular weight is 557 g/mol. The number of aryl methyl sites for hydroxylation is 1. The van der Waals surface area contributed by atoms with E-state index in [2.05, 4.69) is 60.1 Å². The molecule has 5 rings (SSSR count). The van der Waals surface area contributed by atoms with Crippen LogP contribution in [0.4, 0.5) is 4.39 Å². The minimum absolute atomic E-state index is 0.126. The van der Waals surface area contributed by atoms with Gasteiger partial charge >= 0.3 is 0 Å². The number of benzene rings is 2. The van der Waals surface area contributed by atoms with Gasteiger partial charge in [-0.1, -0.05) is 45.0 Å². The molecule has 214 valence electrons. The molecule has 0 N–H and O–H groups in total. The van der Waals surface area contributed by atoms with Crippen LogP contribution in [0.1, 0.15) is 44.0 Å². The lowest BCUT2D eigenvalue weighted by molar-refractivity contribution is -0.133. The first-order chi connectivity index (χ1) is 19.7. The molecule has 1 saturated heterocycles. The molecule has 1 aliphatic heterocycles. The summed E-state index contributed by atoms with van der Waals surface area (Å²) in [6.07, 6.45) is 0.854. The lowest BCUT2D eigenvalue weighted by Gasteiger charge is -2.35. The molecule has 3 heterocycles. The fraction of sp³-hybridized carbons (Fsp3) is 0.375. The first-order valence-electron chi connectivity index (χ1n) is 14.0.